The van der Waals surface area contributed by atoms with Gasteiger partial charge in [0.2, 0.25) is 0 Å². The molecule has 0 saturated carbocycles. The second-order valence-electron chi connectivity index (χ2n) is 5.07. The highest BCUT2D eigenvalue weighted by molar-refractivity contribution is 7.99. The first-order valence-electron chi connectivity index (χ1n) is 7.42. The Balaban J connectivity index is 2.28. The number of hydrogen-bond donors (Lipinski definition) is 2. The smallest absolute Gasteiger partial charge is 0.338 e. The second kappa shape index (κ2) is 8.65. The molecule has 130 valence electrons. The fourth-order valence-corrected chi connectivity index (χ4v) is 3.36. The summed E-state index contributed by atoms with van der Waals surface area (Å²) in [4.78, 5) is 24.3. The number of carbonyl (C=O) groups is 2. The maximum absolute atomic E-state index is 12.5. The quantitative estimate of drug-likeness (QED) is 0.572. The minimum absolute atomic E-state index is 0.309. The van der Waals surface area contributed by atoms with E-state index in [-0.39, 0.29) is 0 Å². The van der Waals surface area contributed by atoms with Crippen LogP contribution in [-0.4, -0.2) is 30.1 Å². The molecule has 0 spiro atoms. The van der Waals surface area contributed by atoms with Crippen molar-refractivity contribution in [1.82, 2.24) is 10.6 Å². The summed E-state index contributed by atoms with van der Waals surface area (Å²) in [7, 11) is 0. The molecule has 2 rings (SSSR count). The predicted octanol–water partition coefficient (Wildman–Crippen LogP) is 3.92. The van der Waals surface area contributed by atoms with Crippen LogP contribution >= 0.6 is 35.0 Å². The van der Waals surface area contributed by atoms with Crippen LogP contribution in [0.4, 0.5) is 4.79 Å². The first kappa shape index (κ1) is 19.0. The molecule has 5 nitrogen and oxygen atoms in total. The van der Waals surface area contributed by atoms with Crippen molar-refractivity contribution in [1.29, 1.82) is 0 Å². The van der Waals surface area contributed by atoms with Crippen LogP contribution in [0.3, 0.4) is 0 Å². The number of benzene rings is 1. The van der Waals surface area contributed by atoms with Crippen LogP contribution in [0.25, 0.3) is 0 Å². The maximum atomic E-state index is 12.5. The van der Waals surface area contributed by atoms with Crippen molar-refractivity contribution in [3.05, 3.63) is 45.1 Å². The van der Waals surface area contributed by atoms with Gasteiger partial charge in [0.15, 0.2) is 0 Å². The number of rotatable bonds is 6. The van der Waals surface area contributed by atoms with Crippen molar-refractivity contribution in [3.63, 3.8) is 0 Å². The van der Waals surface area contributed by atoms with Gasteiger partial charge in [-0.05, 0) is 30.4 Å². The Morgan fingerprint density at radius 1 is 1.38 bits per heavy atom. The number of nitrogens with one attached hydrogen (secondary N) is 2. The maximum Gasteiger partial charge on any atom is 0.338 e. The topological polar surface area (TPSA) is 67.4 Å². The van der Waals surface area contributed by atoms with E-state index in [2.05, 4.69) is 10.6 Å². The molecule has 1 aliphatic rings. The zero-order valence-electron chi connectivity index (χ0n) is 13.3. The summed E-state index contributed by atoms with van der Waals surface area (Å²) in [5.41, 5.74) is 1.37. The largest absolute Gasteiger partial charge is 0.461 e. The predicted molar refractivity (Wildman–Crippen MR) is 97.5 cm³/mol. The Labute approximate surface area is 155 Å². The van der Waals surface area contributed by atoms with Crippen molar-refractivity contribution in [2.24, 2.45) is 0 Å². The van der Waals surface area contributed by atoms with E-state index < -0.39 is 18.0 Å². The molecule has 0 aromatic heterocycles. The van der Waals surface area contributed by atoms with Gasteiger partial charge in [-0.15, -0.1) is 0 Å². The molecule has 2 amide bonds. The normalized spacial score (nSPS) is 17.3. The van der Waals surface area contributed by atoms with Crippen molar-refractivity contribution >= 4 is 47.0 Å². The molecule has 0 radical (unpaired) electrons. The second-order valence-corrected chi connectivity index (χ2v) is 7.31. The van der Waals surface area contributed by atoms with Gasteiger partial charge in [0.05, 0.1) is 11.6 Å². The summed E-state index contributed by atoms with van der Waals surface area (Å²) >= 11 is 13.8. The van der Waals surface area contributed by atoms with Crippen molar-refractivity contribution in [2.45, 2.75) is 19.9 Å². The van der Waals surface area contributed by atoms with E-state index >= 15 is 0 Å². The van der Waals surface area contributed by atoms with Gasteiger partial charge in [0.25, 0.3) is 0 Å². The average molecular weight is 389 g/mol. The van der Waals surface area contributed by atoms with Gasteiger partial charge < -0.3 is 15.4 Å². The Hall–Kier alpha value is -1.37. The van der Waals surface area contributed by atoms with Gasteiger partial charge in [0.1, 0.15) is 6.61 Å². The van der Waals surface area contributed by atoms with Crippen molar-refractivity contribution in [2.75, 3.05) is 18.1 Å². The molecule has 1 aliphatic heterocycles. The Kier molecular flexibility index (Phi) is 6.83. The lowest BCUT2D eigenvalue weighted by Crippen LogP contribution is -2.45. The Bertz CT molecular complexity index is 679. The van der Waals surface area contributed by atoms with Crippen LogP contribution in [0.15, 0.2) is 29.5 Å². The zero-order chi connectivity index (χ0) is 17.7. The summed E-state index contributed by atoms with van der Waals surface area (Å²) in [5.74, 6) is 1.20. The fourth-order valence-electron chi connectivity index (χ4n) is 2.35. The van der Waals surface area contributed by atoms with Gasteiger partial charge in [-0.3, -0.25) is 0 Å². The van der Waals surface area contributed by atoms with Crippen LogP contribution in [0.1, 0.15) is 25.5 Å². The summed E-state index contributed by atoms with van der Waals surface area (Å²) in [6, 6.07) is 3.83. The molecular weight excluding hydrogens is 371 g/mol. The summed E-state index contributed by atoms with van der Waals surface area (Å²) in [6.45, 7) is 4.01. The number of ether oxygens (including phenoxy) is 1. The number of hydrogen-bond acceptors (Lipinski definition) is 4. The van der Waals surface area contributed by atoms with Gasteiger partial charge >= 0.3 is 12.0 Å². The molecule has 0 bridgehead atoms. The van der Waals surface area contributed by atoms with Gasteiger partial charge in [-0.2, -0.15) is 11.8 Å². The minimum atomic E-state index is -0.685. The Morgan fingerprint density at radius 3 is 2.79 bits per heavy atom. The van der Waals surface area contributed by atoms with Gasteiger partial charge in [-0.25, -0.2) is 9.59 Å². The number of urea groups is 1. The average Bonchev–Trinajstić information content (AvgIpc) is 2.50. The first-order valence-corrected chi connectivity index (χ1v) is 9.33. The first-order chi connectivity index (χ1) is 11.4. The van der Waals surface area contributed by atoms with E-state index in [1.807, 2.05) is 6.92 Å². The van der Waals surface area contributed by atoms with Crippen LogP contribution in [0.2, 0.25) is 10.0 Å². The van der Waals surface area contributed by atoms with Crippen LogP contribution in [0, 0.1) is 0 Å². The van der Waals surface area contributed by atoms with Gasteiger partial charge in [-0.1, -0.05) is 36.2 Å². The van der Waals surface area contributed by atoms with Crippen LogP contribution in [0.5, 0.6) is 0 Å². The number of thioether (sulfide) groups is 1. The number of allylic oxidation sites excluding steroid dienone is 1. The van der Waals surface area contributed by atoms with E-state index in [1.54, 1.807) is 36.9 Å². The van der Waals surface area contributed by atoms with E-state index in [4.69, 9.17) is 27.9 Å². The minimum Gasteiger partial charge on any atom is -0.461 e. The van der Waals surface area contributed by atoms with Crippen LogP contribution < -0.4 is 10.6 Å². The third-order valence-corrected chi connectivity index (χ3v) is 4.85. The summed E-state index contributed by atoms with van der Waals surface area (Å²) in [6.07, 6.45) is 0. The number of halogens is 2. The standard InChI is InChI=1S/C16H18Cl2N2O3S/c1-3-24-7-6-23-15(21)13-9(2)19-16(22)20-14(13)11-5-4-10(17)8-12(11)18/h4-5,8,14H,3,6-7H2,1-2H3,(H2,19,20,22)/t14-/m0/s1. The molecule has 0 saturated heterocycles. The molecular formula is C16H18Cl2N2O3S. The molecule has 0 fully saturated rings. The van der Waals surface area contributed by atoms with E-state index in [9.17, 15) is 9.59 Å². The molecule has 2 N–H and O–H groups in total. The van der Waals surface area contributed by atoms with Gasteiger partial charge in [0, 0.05) is 21.5 Å². The highest BCUT2D eigenvalue weighted by Gasteiger charge is 2.33. The molecule has 1 atom stereocenters. The summed E-state index contributed by atoms with van der Waals surface area (Å²) in [5, 5.41) is 6.16. The molecule has 0 unspecified atom stereocenters. The lowest BCUT2D eigenvalue weighted by atomic mass is 9.95. The molecule has 1 aromatic rings. The highest BCUT2D eigenvalue weighted by Crippen LogP contribution is 2.33. The Morgan fingerprint density at radius 2 is 2.12 bits per heavy atom. The molecule has 0 aliphatic carbocycles. The number of esters is 1. The van der Waals surface area contributed by atoms with Crippen molar-refractivity contribution < 1.29 is 14.3 Å². The summed E-state index contributed by atoms with van der Waals surface area (Å²) < 4.78 is 5.33. The third kappa shape index (κ3) is 4.59. The molecule has 1 heterocycles. The van der Waals surface area contributed by atoms with Crippen LogP contribution in [-0.2, 0) is 9.53 Å². The highest BCUT2D eigenvalue weighted by atomic mass is 35.5. The SMILES string of the molecule is CCSCCOC(=O)C1=C(C)NC(=O)N[C@H]1c1ccc(Cl)cc1Cl. The van der Waals surface area contributed by atoms with E-state index in [1.165, 1.54) is 0 Å². The molecule has 1 aromatic carbocycles. The monoisotopic (exact) mass is 388 g/mol. The molecule has 24 heavy (non-hydrogen) atoms. The van der Waals surface area contributed by atoms with E-state index in [0.29, 0.717) is 33.5 Å². The molecule has 8 heteroatoms. The fraction of sp³-hybridized carbons (Fsp3) is 0.375. The lowest BCUT2D eigenvalue weighted by molar-refractivity contribution is -0.138. The van der Waals surface area contributed by atoms with E-state index in [0.717, 1.165) is 11.5 Å². The lowest BCUT2D eigenvalue weighted by Gasteiger charge is -2.28. The number of carbonyl (C=O) groups excluding carboxylic acids is 2. The number of amides is 2. The van der Waals surface area contributed by atoms with Crippen molar-refractivity contribution in [3.8, 4) is 0 Å². The third-order valence-electron chi connectivity index (χ3n) is 3.43. The zero-order valence-corrected chi connectivity index (χ0v) is 15.6.